The van der Waals surface area contributed by atoms with Gasteiger partial charge in [-0.15, -0.1) is 0 Å². The highest BCUT2D eigenvalue weighted by Gasteiger charge is 2.25. The first-order chi connectivity index (χ1) is 9.46. The summed E-state index contributed by atoms with van der Waals surface area (Å²) in [5.74, 6) is 0.0238. The molecule has 1 heterocycles. The van der Waals surface area contributed by atoms with Gasteiger partial charge in [0.05, 0.1) is 0 Å². The molecule has 0 unspecified atom stereocenters. The first kappa shape index (κ1) is 15.0. The zero-order valence-corrected chi connectivity index (χ0v) is 12.9. The van der Waals surface area contributed by atoms with Crippen LogP contribution in [0, 0.1) is 6.92 Å². The van der Waals surface area contributed by atoms with Crippen molar-refractivity contribution in [1.29, 1.82) is 0 Å². The van der Waals surface area contributed by atoms with Gasteiger partial charge in [0.1, 0.15) is 0 Å². The molecule has 3 heteroatoms. The van der Waals surface area contributed by atoms with Crippen LogP contribution in [-0.2, 0) is 0 Å². The van der Waals surface area contributed by atoms with E-state index in [0.717, 1.165) is 30.8 Å². The monoisotopic (exact) mass is 274 g/mol. The van der Waals surface area contributed by atoms with Crippen molar-refractivity contribution < 1.29 is 4.79 Å². The fourth-order valence-corrected chi connectivity index (χ4v) is 2.88. The number of rotatable bonds is 4. The summed E-state index contributed by atoms with van der Waals surface area (Å²) in [4.78, 5) is 14.8. The molecule has 0 aromatic heterocycles. The minimum Gasteiger partial charge on any atom is -0.346 e. The quantitative estimate of drug-likeness (QED) is 0.915. The molecule has 1 saturated heterocycles. The number of aryl methyl sites for hydroxylation is 1. The summed E-state index contributed by atoms with van der Waals surface area (Å²) in [6, 6.07) is 7.75. The molecule has 1 aromatic carbocycles. The zero-order chi connectivity index (χ0) is 14.6. The molecule has 0 aliphatic carbocycles. The Morgan fingerprint density at radius 3 is 2.60 bits per heavy atom. The smallest absolute Gasteiger partial charge is 0.251 e. The van der Waals surface area contributed by atoms with E-state index >= 15 is 0 Å². The third kappa shape index (κ3) is 4.34. The standard InChI is InChI=1S/C17H26N2O/c1-14-8-7-9-15(12-14)16(20)18-17(2,3)13-19-10-5-4-6-11-19/h7-9,12H,4-6,10-11,13H2,1-3H3,(H,18,20). The molecule has 0 bridgehead atoms. The van der Waals surface area contributed by atoms with Crippen LogP contribution in [0.2, 0.25) is 0 Å². The second-order valence-electron chi connectivity index (χ2n) is 6.54. The number of hydrogen-bond donors (Lipinski definition) is 1. The Balaban J connectivity index is 1.94. The van der Waals surface area contributed by atoms with Crippen LogP contribution < -0.4 is 5.32 Å². The van der Waals surface area contributed by atoms with Gasteiger partial charge in [-0.25, -0.2) is 0 Å². The molecular formula is C17H26N2O. The molecule has 0 atom stereocenters. The van der Waals surface area contributed by atoms with Gasteiger partial charge in [0.2, 0.25) is 0 Å². The van der Waals surface area contributed by atoms with Crippen LogP contribution in [0.3, 0.4) is 0 Å². The maximum atomic E-state index is 12.3. The lowest BCUT2D eigenvalue weighted by molar-refractivity contribution is 0.0878. The summed E-state index contributed by atoms with van der Waals surface area (Å²) in [7, 11) is 0. The molecule has 0 radical (unpaired) electrons. The van der Waals surface area contributed by atoms with E-state index in [4.69, 9.17) is 0 Å². The summed E-state index contributed by atoms with van der Waals surface area (Å²) >= 11 is 0. The van der Waals surface area contributed by atoms with Crippen molar-refractivity contribution in [3.63, 3.8) is 0 Å². The number of likely N-dealkylation sites (tertiary alicyclic amines) is 1. The van der Waals surface area contributed by atoms with Crippen LogP contribution in [0.5, 0.6) is 0 Å². The van der Waals surface area contributed by atoms with E-state index in [2.05, 4.69) is 24.1 Å². The third-order valence-electron chi connectivity index (χ3n) is 3.80. The van der Waals surface area contributed by atoms with E-state index in [9.17, 15) is 4.79 Å². The molecule has 1 aliphatic heterocycles. The minimum atomic E-state index is -0.196. The third-order valence-corrected chi connectivity index (χ3v) is 3.80. The van der Waals surface area contributed by atoms with Crippen LogP contribution >= 0.6 is 0 Å². The fraction of sp³-hybridized carbons (Fsp3) is 0.588. The van der Waals surface area contributed by atoms with Crippen molar-refractivity contribution in [2.45, 2.75) is 45.6 Å². The fourth-order valence-electron chi connectivity index (χ4n) is 2.88. The molecule has 1 amide bonds. The topological polar surface area (TPSA) is 32.3 Å². The van der Waals surface area contributed by atoms with E-state index in [0.29, 0.717) is 0 Å². The lowest BCUT2D eigenvalue weighted by atomic mass is 10.0. The van der Waals surface area contributed by atoms with Crippen LogP contribution in [0.15, 0.2) is 24.3 Å². The number of nitrogens with one attached hydrogen (secondary N) is 1. The Kier molecular flexibility index (Phi) is 4.81. The van der Waals surface area contributed by atoms with E-state index in [1.165, 1.54) is 19.3 Å². The highest BCUT2D eigenvalue weighted by molar-refractivity contribution is 5.94. The minimum absolute atomic E-state index is 0.0238. The maximum absolute atomic E-state index is 12.3. The largest absolute Gasteiger partial charge is 0.346 e. The summed E-state index contributed by atoms with van der Waals surface area (Å²) in [5.41, 5.74) is 1.67. The number of hydrogen-bond acceptors (Lipinski definition) is 2. The molecule has 1 N–H and O–H groups in total. The highest BCUT2D eigenvalue weighted by atomic mass is 16.1. The predicted molar refractivity (Wildman–Crippen MR) is 83.0 cm³/mol. The van der Waals surface area contributed by atoms with E-state index in [1.54, 1.807) is 0 Å². The van der Waals surface area contributed by atoms with Crippen molar-refractivity contribution in [2.75, 3.05) is 19.6 Å². The van der Waals surface area contributed by atoms with Crippen molar-refractivity contribution in [1.82, 2.24) is 10.2 Å². The van der Waals surface area contributed by atoms with Crippen molar-refractivity contribution in [3.05, 3.63) is 35.4 Å². The molecule has 1 fully saturated rings. The molecular weight excluding hydrogens is 248 g/mol. The van der Waals surface area contributed by atoms with E-state index in [1.807, 2.05) is 31.2 Å². The molecule has 20 heavy (non-hydrogen) atoms. The van der Waals surface area contributed by atoms with Crippen LogP contribution in [0.4, 0.5) is 0 Å². The lowest BCUT2D eigenvalue weighted by Gasteiger charge is -2.35. The number of carbonyl (C=O) groups excluding carboxylic acids is 1. The molecule has 1 aromatic rings. The van der Waals surface area contributed by atoms with Crippen molar-refractivity contribution >= 4 is 5.91 Å². The molecule has 0 saturated carbocycles. The molecule has 2 rings (SSSR count). The van der Waals surface area contributed by atoms with Gasteiger partial charge >= 0.3 is 0 Å². The number of amides is 1. The molecule has 0 spiro atoms. The van der Waals surface area contributed by atoms with Gasteiger partial charge in [0.15, 0.2) is 0 Å². The molecule has 3 nitrogen and oxygen atoms in total. The van der Waals surface area contributed by atoms with Crippen LogP contribution in [0.1, 0.15) is 49.0 Å². The normalized spacial score (nSPS) is 16.9. The van der Waals surface area contributed by atoms with Gasteiger partial charge in [-0.05, 0) is 58.8 Å². The summed E-state index contributed by atoms with van der Waals surface area (Å²) in [5, 5.41) is 3.17. The highest BCUT2D eigenvalue weighted by Crippen LogP contribution is 2.14. The number of benzene rings is 1. The summed E-state index contributed by atoms with van der Waals surface area (Å²) < 4.78 is 0. The van der Waals surface area contributed by atoms with Gasteiger partial charge in [0.25, 0.3) is 5.91 Å². The first-order valence-electron chi connectivity index (χ1n) is 7.58. The SMILES string of the molecule is Cc1cccc(C(=O)NC(C)(C)CN2CCCCC2)c1. The zero-order valence-electron chi connectivity index (χ0n) is 12.9. The second-order valence-corrected chi connectivity index (χ2v) is 6.54. The molecule has 1 aliphatic rings. The number of piperidine rings is 1. The average molecular weight is 274 g/mol. The molecule has 110 valence electrons. The predicted octanol–water partition coefficient (Wildman–Crippen LogP) is 2.99. The number of carbonyl (C=O) groups is 1. The van der Waals surface area contributed by atoms with Gasteiger partial charge in [-0.3, -0.25) is 4.79 Å². The van der Waals surface area contributed by atoms with Gasteiger partial charge in [-0.1, -0.05) is 24.1 Å². The maximum Gasteiger partial charge on any atom is 0.251 e. The van der Waals surface area contributed by atoms with Crippen LogP contribution in [0.25, 0.3) is 0 Å². The Morgan fingerprint density at radius 1 is 1.25 bits per heavy atom. The van der Waals surface area contributed by atoms with Crippen molar-refractivity contribution in [2.24, 2.45) is 0 Å². The van der Waals surface area contributed by atoms with Gasteiger partial charge in [0, 0.05) is 17.6 Å². The summed E-state index contributed by atoms with van der Waals surface area (Å²) in [6.45, 7) is 9.46. The Morgan fingerprint density at radius 2 is 1.95 bits per heavy atom. The Hall–Kier alpha value is -1.35. The van der Waals surface area contributed by atoms with Gasteiger partial charge in [-0.2, -0.15) is 0 Å². The van der Waals surface area contributed by atoms with Crippen molar-refractivity contribution in [3.8, 4) is 0 Å². The first-order valence-corrected chi connectivity index (χ1v) is 7.58. The second kappa shape index (κ2) is 6.40. The Labute approximate surface area is 122 Å². The number of nitrogens with zero attached hydrogens (tertiary/aromatic N) is 1. The van der Waals surface area contributed by atoms with Crippen LogP contribution in [-0.4, -0.2) is 36.0 Å². The Bertz CT molecular complexity index is 462. The van der Waals surface area contributed by atoms with E-state index in [-0.39, 0.29) is 11.4 Å². The average Bonchev–Trinajstić information content (AvgIpc) is 2.38. The van der Waals surface area contributed by atoms with Gasteiger partial charge < -0.3 is 10.2 Å². The summed E-state index contributed by atoms with van der Waals surface area (Å²) in [6.07, 6.45) is 3.90. The van der Waals surface area contributed by atoms with E-state index < -0.39 is 0 Å². The lowest BCUT2D eigenvalue weighted by Crippen LogP contribution is -2.52.